The summed E-state index contributed by atoms with van der Waals surface area (Å²) in [6.07, 6.45) is -0.645. The van der Waals surface area contributed by atoms with Crippen LogP contribution in [-0.4, -0.2) is 53.1 Å². The van der Waals surface area contributed by atoms with Gasteiger partial charge in [0, 0.05) is 31.2 Å². The van der Waals surface area contributed by atoms with Crippen molar-refractivity contribution >= 4 is 27.9 Å². The Morgan fingerprint density at radius 3 is 2.46 bits per heavy atom. The van der Waals surface area contributed by atoms with Crippen LogP contribution in [0.2, 0.25) is 0 Å². The molecule has 1 heterocycles. The molecule has 0 radical (unpaired) electrons. The summed E-state index contributed by atoms with van der Waals surface area (Å²) in [5.41, 5.74) is -0.578. The first kappa shape index (κ1) is 20.6. The number of amides is 2. The zero-order valence-corrected chi connectivity index (χ0v) is 16.9. The Hall–Kier alpha value is -1.70. The summed E-state index contributed by atoms with van der Waals surface area (Å²) in [5, 5.41) is 0. The van der Waals surface area contributed by atoms with Crippen molar-refractivity contribution in [3.63, 3.8) is 0 Å². The molecular weight excluding hydrogens is 410 g/mol. The van der Waals surface area contributed by atoms with Crippen LogP contribution < -0.4 is 0 Å². The van der Waals surface area contributed by atoms with Gasteiger partial charge in [0.15, 0.2) is 0 Å². The fourth-order valence-corrected chi connectivity index (χ4v) is 3.07. The van der Waals surface area contributed by atoms with Crippen LogP contribution in [0.5, 0.6) is 0 Å². The van der Waals surface area contributed by atoms with E-state index in [1.54, 1.807) is 30.6 Å². The third kappa shape index (κ3) is 5.16. The van der Waals surface area contributed by atoms with Crippen LogP contribution in [0.15, 0.2) is 16.6 Å². The summed E-state index contributed by atoms with van der Waals surface area (Å²) in [6, 6.07) is 1.81. The molecule has 0 aliphatic carbocycles. The summed E-state index contributed by atoms with van der Waals surface area (Å²) in [7, 11) is 0. The molecule has 1 aliphatic heterocycles. The second kappa shape index (κ2) is 7.90. The Labute approximate surface area is 160 Å². The number of rotatable bonds is 2. The summed E-state index contributed by atoms with van der Waals surface area (Å²) in [5.74, 6) is -1.55. The van der Waals surface area contributed by atoms with Gasteiger partial charge in [0.2, 0.25) is 5.91 Å². The second-order valence-corrected chi connectivity index (χ2v) is 8.25. The fraction of sp³-hybridized carbons (Fsp3) is 0.556. The van der Waals surface area contributed by atoms with Crippen molar-refractivity contribution in [1.29, 1.82) is 0 Å². The Morgan fingerprint density at radius 1 is 1.23 bits per heavy atom. The number of ether oxygens (including phenoxy) is 1. The lowest BCUT2D eigenvalue weighted by atomic mass is 10.1. The minimum absolute atomic E-state index is 0.0120. The number of benzene rings is 1. The predicted octanol–water partition coefficient (Wildman–Crippen LogP) is 3.74. The monoisotopic (exact) mass is 432 g/mol. The molecule has 0 saturated carbocycles. The number of nitrogens with zero attached hydrogens (tertiary/aromatic N) is 2. The van der Waals surface area contributed by atoms with E-state index in [2.05, 4.69) is 15.9 Å². The maximum Gasteiger partial charge on any atom is 0.410 e. The average Bonchev–Trinajstić information content (AvgIpc) is 2.50. The Balaban J connectivity index is 1.99. The van der Waals surface area contributed by atoms with Crippen molar-refractivity contribution < 1.29 is 23.1 Å². The zero-order chi connectivity index (χ0) is 19.6. The molecular formula is C18H23BrF2N2O3. The number of hydrogen-bond donors (Lipinski definition) is 0. The van der Waals surface area contributed by atoms with E-state index in [0.29, 0.717) is 19.6 Å². The van der Waals surface area contributed by atoms with Crippen LogP contribution in [0.1, 0.15) is 33.3 Å². The fourth-order valence-electron chi connectivity index (χ4n) is 2.75. The standard InChI is InChI=1S/C18H23BrF2N2O3/c1-11-10-22(5-6-23(11)17(25)26-18(2,3)4)16(24)8-12-7-15(21)13(19)9-14(12)20/h7,9,11H,5-6,8,10H2,1-4H3/t11-/m0/s1. The SMILES string of the molecule is C[C@H]1CN(C(=O)Cc2cc(F)c(Br)cc2F)CCN1C(=O)OC(C)(C)C. The number of piperazine rings is 1. The van der Waals surface area contributed by atoms with E-state index < -0.39 is 23.3 Å². The molecule has 0 bridgehead atoms. The van der Waals surface area contributed by atoms with Crippen molar-refractivity contribution in [3.8, 4) is 0 Å². The first-order chi connectivity index (χ1) is 12.0. The van der Waals surface area contributed by atoms with Gasteiger partial charge in [0.25, 0.3) is 0 Å². The summed E-state index contributed by atoms with van der Waals surface area (Å²) >= 11 is 2.91. The van der Waals surface area contributed by atoms with Gasteiger partial charge in [-0.1, -0.05) is 0 Å². The van der Waals surface area contributed by atoms with Crippen molar-refractivity contribution in [1.82, 2.24) is 9.80 Å². The lowest BCUT2D eigenvalue weighted by molar-refractivity contribution is -0.133. The lowest BCUT2D eigenvalue weighted by Gasteiger charge is -2.40. The quantitative estimate of drug-likeness (QED) is 0.668. The topological polar surface area (TPSA) is 49.9 Å². The normalized spacial score (nSPS) is 18.0. The molecule has 144 valence electrons. The molecule has 5 nitrogen and oxygen atoms in total. The highest BCUT2D eigenvalue weighted by molar-refractivity contribution is 9.10. The Morgan fingerprint density at radius 2 is 1.88 bits per heavy atom. The maximum absolute atomic E-state index is 13.9. The first-order valence-electron chi connectivity index (χ1n) is 8.38. The lowest BCUT2D eigenvalue weighted by Crippen LogP contribution is -2.56. The van der Waals surface area contributed by atoms with Gasteiger partial charge in [0.1, 0.15) is 17.2 Å². The third-order valence-corrected chi connectivity index (χ3v) is 4.65. The molecule has 2 amide bonds. The van der Waals surface area contributed by atoms with Crippen LogP contribution in [0.3, 0.4) is 0 Å². The molecule has 1 atom stereocenters. The van der Waals surface area contributed by atoms with E-state index in [0.717, 1.165) is 12.1 Å². The average molecular weight is 433 g/mol. The minimum Gasteiger partial charge on any atom is -0.444 e. The van der Waals surface area contributed by atoms with Gasteiger partial charge in [-0.15, -0.1) is 0 Å². The molecule has 0 aromatic heterocycles. The van der Waals surface area contributed by atoms with Gasteiger partial charge in [-0.3, -0.25) is 4.79 Å². The van der Waals surface area contributed by atoms with Gasteiger partial charge in [-0.25, -0.2) is 13.6 Å². The maximum atomic E-state index is 13.9. The molecule has 2 rings (SSSR count). The molecule has 1 aliphatic rings. The third-order valence-electron chi connectivity index (χ3n) is 4.04. The van der Waals surface area contributed by atoms with Crippen LogP contribution in [0, 0.1) is 11.6 Å². The first-order valence-corrected chi connectivity index (χ1v) is 9.18. The highest BCUT2D eigenvalue weighted by Crippen LogP contribution is 2.21. The molecule has 1 fully saturated rings. The second-order valence-electron chi connectivity index (χ2n) is 7.40. The van der Waals surface area contributed by atoms with Gasteiger partial charge in [-0.05, 0) is 55.8 Å². The number of carbonyl (C=O) groups excluding carboxylic acids is 2. The van der Waals surface area contributed by atoms with E-state index in [-0.39, 0.29) is 28.4 Å². The molecule has 1 aromatic rings. The van der Waals surface area contributed by atoms with Crippen molar-refractivity contribution in [2.45, 2.75) is 45.8 Å². The molecule has 26 heavy (non-hydrogen) atoms. The van der Waals surface area contributed by atoms with Gasteiger partial charge < -0.3 is 14.5 Å². The van der Waals surface area contributed by atoms with E-state index in [1.165, 1.54) is 0 Å². The smallest absolute Gasteiger partial charge is 0.410 e. The summed E-state index contributed by atoms with van der Waals surface area (Å²) in [6.45, 7) is 8.17. The van der Waals surface area contributed by atoms with E-state index >= 15 is 0 Å². The van der Waals surface area contributed by atoms with Crippen molar-refractivity contribution in [3.05, 3.63) is 33.8 Å². The zero-order valence-electron chi connectivity index (χ0n) is 15.3. The number of carbonyl (C=O) groups is 2. The summed E-state index contributed by atoms with van der Waals surface area (Å²) < 4.78 is 32.9. The van der Waals surface area contributed by atoms with E-state index in [9.17, 15) is 18.4 Å². The Kier molecular flexibility index (Phi) is 6.26. The van der Waals surface area contributed by atoms with Gasteiger partial charge >= 0.3 is 6.09 Å². The van der Waals surface area contributed by atoms with Gasteiger partial charge in [-0.2, -0.15) is 0 Å². The molecule has 0 N–H and O–H groups in total. The van der Waals surface area contributed by atoms with Crippen molar-refractivity contribution in [2.75, 3.05) is 19.6 Å². The predicted molar refractivity (Wildman–Crippen MR) is 96.7 cm³/mol. The van der Waals surface area contributed by atoms with Crippen LogP contribution >= 0.6 is 15.9 Å². The number of hydrogen-bond acceptors (Lipinski definition) is 3. The van der Waals surface area contributed by atoms with E-state index in [1.807, 2.05) is 6.92 Å². The molecule has 0 spiro atoms. The van der Waals surface area contributed by atoms with Crippen LogP contribution in [0.25, 0.3) is 0 Å². The van der Waals surface area contributed by atoms with Crippen LogP contribution in [-0.2, 0) is 16.0 Å². The Bertz CT molecular complexity index is 706. The molecule has 0 unspecified atom stereocenters. The van der Waals surface area contributed by atoms with Crippen LogP contribution in [0.4, 0.5) is 13.6 Å². The molecule has 8 heteroatoms. The summed E-state index contributed by atoms with van der Waals surface area (Å²) in [4.78, 5) is 27.8. The highest BCUT2D eigenvalue weighted by atomic mass is 79.9. The molecule has 1 aromatic carbocycles. The largest absolute Gasteiger partial charge is 0.444 e. The van der Waals surface area contributed by atoms with E-state index in [4.69, 9.17) is 4.74 Å². The van der Waals surface area contributed by atoms with Gasteiger partial charge in [0.05, 0.1) is 10.9 Å². The number of halogens is 3. The molecule has 1 saturated heterocycles. The highest BCUT2D eigenvalue weighted by Gasteiger charge is 2.32. The van der Waals surface area contributed by atoms with Crippen molar-refractivity contribution in [2.24, 2.45) is 0 Å². The minimum atomic E-state index is -0.632.